The van der Waals surface area contributed by atoms with Crippen molar-refractivity contribution in [2.24, 2.45) is 0 Å². The molecular weight excluding hydrogens is 693 g/mol. The number of furan rings is 2. The van der Waals surface area contributed by atoms with Gasteiger partial charge in [-0.05, 0) is 84.8 Å². The molecule has 0 amide bonds. The standard InChI is InChI=1S/C55H36O2/c1-55(2)46-26-14-23-37(33-15-5-3-6-16-33)51(46)44-29-28-43-42-24-13-25-45(53(42)57-54(43)52(44)55)50-40-21-11-9-19-38(40)49(39-20-10-12-22-41(39)50)35-27-30-47-36(31-35)32-48(56-47)34-17-7-4-8-18-34/h3-32H,1-2H3. The van der Waals surface area contributed by atoms with Gasteiger partial charge in [0.15, 0.2) is 0 Å². The number of hydrogen-bond donors (Lipinski definition) is 0. The minimum Gasteiger partial charge on any atom is -0.456 e. The molecule has 0 saturated carbocycles. The lowest BCUT2D eigenvalue weighted by Crippen LogP contribution is -2.15. The van der Waals surface area contributed by atoms with Crippen molar-refractivity contribution >= 4 is 54.5 Å². The van der Waals surface area contributed by atoms with Crippen LogP contribution in [0, 0.1) is 0 Å². The topological polar surface area (TPSA) is 26.3 Å². The molecule has 0 saturated heterocycles. The highest BCUT2D eigenvalue weighted by Gasteiger charge is 2.40. The maximum atomic E-state index is 7.28. The molecule has 0 fully saturated rings. The van der Waals surface area contributed by atoms with Crippen molar-refractivity contribution in [2.45, 2.75) is 19.3 Å². The van der Waals surface area contributed by atoms with E-state index in [1.165, 1.54) is 66.1 Å². The molecule has 268 valence electrons. The molecule has 0 bridgehead atoms. The third-order valence-electron chi connectivity index (χ3n) is 12.4. The Hall–Kier alpha value is -7.16. The molecule has 9 aromatic carbocycles. The largest absolute Gasteiger partial charge is 0.456 e. The van der Waals surface area contributed by atoms with Gasteiger partial charge in [-0.25, -0.2) is 0 Å². The molecular formula is C55H36O2. The summed E-state index contributed by atoms with van der Waals surface area (Å²) in [5.41, 5.74) is 15.9. The van der Waals surface area contributed by atoms with Gasteiger partial charge < -0.3 is 8.83 Å². The Kier molecular flexibility index (Phi) is 6.72. The van der Waals surface area contributed by atoms with E-state index < -0.39 is 0 Å². The first-order valence-electron chi connectivity index (χ1n) is 19.8. The van der Waals surface area contributed by atoms with E-state index in [-0.39, 0.29) is 5.41 Å². The molecule has 2 aromatic heterocycles. The molecule has 11 aromatic rings. The quantitative estimate of drug-likeness (QED) is 0.169. The van der Waals surface area contributed by atoms with Crippen molar-refractivity contribution in [3.05, 3.63) is 193 Å². The van der Waals surface area contributed by atoms with Crippen LogP contribution >= 0.6 is 0 Å². The molecule has 2 heteroatoms. The Morgan fingerprint density at radius 2 is 0.965 bits per heavy atom. The van der Waals surface area contributed by atoms with Crippen LogP contribution in [0.25, 0.3) is 110 Å². The van der Waals surface area contributed by atoms with Crippen molar-refractivity contribution in [3.8, 4) is 55.8 Å². The Morgan fingerprint density at radius 3 is 1.68 bits per heavy atom. The Bertz CT molecular complexity index is 3360. The van der Waals surface area contributed by atoms with Crippen molar-refractivity contribution in [1.82, 2.24) is 0 Å². The van der Waals surface area contributed by atoms with Gasteiger partial charge in [0.05, 0.1) is 0 Å². The molecule has 2 nitrogen and oxygen atoms in total. The molecule has 0 atom stereocenters. The molecule has 1 aliphatic carbocycles. The number of rotatable bonds is 4. The summed E-state index contributed by atoms with van der Waals surface area (Å²) in [5, 5.41) is 8.18. The van der Waals surface area contributed by atoms with Crippen LogP contribution in [0.3, 0.4) is 0 Å². The van der Waals surface area contributed by atoms with Crippen LogP contribution in [0.1, 0.15) is 25.0 Å². The normalized spacial score (nSPS) is 13.2. The summed E-state index contributed by atoms with van der Waals surface area (Å²) in [7, 11) is 0. The maximum Gasteiger partial charge on any atom is 0.143 e. The van der Waals surface area contributed by atoms with Gasteiger partial charge in [-0.2, -0.15) is 0 Å². The fourth-order valence-electron chi connectivity index (χ4n) is 9.92. The summed E-state index contributed by atoms with van der Waals surface area (Å²) in [5.74, 6) is 0.876. The van der Waals surface area contributed by atoms with E-state index in [0.717, 1.165) is 55.4 Å². The van der Waals surface area contributed by atoms with Gasteiger partial charge in [0.2, 0.25) is 0 Å². The maximum absolute atomic E-state index is 7.28. The van der Waals surface area contributed by atoms with Crippen LogP contribution in [-0.4, -0.2) is 0 Å². The van der Waals surface area contributed by atoms with Crippen LogP contribution in [0.5, 0.6) is 0 Å². The SMILES string of the molecule is CC1(C)c2cccc(-c3ccccc3)c2-c2ccc3c(oc4c(-c5c6ccccc6c(-c6ccc7oc(-c8ccccc8)cc7c6)c6ccccc56)cccc43)c21. The Labute approximate surface area is 330 Å². The van der Waals surface area contributed by atoms with Gasteiger partial charge >= 0.3 is 0 Å². The zero-order valence-corrected chi connectivity index (χ0v) is 31.6. The lowest BCUT2D eigenvalue weighted by molar-refractivity contribution is 0.620. The Balaban J connectivity index is 1.09. The van der Waals surface area contributed by atoms with Gasteiger partial charge in [0.1, 0.15) is 22.5 Å². The summed E-state index contributed by atoms with van der Waals surface area (Å²) < 4.78 is 13.6. The molecule has 57 heavy (non-hydrogen) atoms. The van der Waals surface area contributed by atoms with Crippen molar-refractivity contribution in [1.29, 1.82) is 0 Å². The van der Waals surface area contributed by atoms with E-state index in [0.29, 0.717) is 0 Å². The van der Waals surface area contributed by atoms with E-state index in [1.807, 2.05) is 18.2 Å². The van der Waals surface area contributed by atoms with Crippen LogP contribution in [0.4, 0.5) is 0 Å². The molecule has 12 rings (SSSR count). The van der Waals surface area contributed by atoms with E-state index in [2.05, 4.69) is 178 Å². The zero-order valence-electron chi connectivity index (χ0n) is 31.6. The predicted octanol–water partition coefficient (Wildman–Crippen LogP) is 15.6. The second-order valence-electron chi connectivity index (χ2n) is 15.9. The molecule has 0 aliphatic heterocycles. The number of hydrogen-bond acceptors (Lipinski definition) is 2. The van der Waals surface area contributed by atoms with Crippen LogP contribution < -0.4 is 0 Å². The van der Waals surface area contributed by atoms with E-state index in [1.54, 1.807) is 0 Å². The monoisotopic (exact) mass is 728 g/mol. The van der Waals surface area contributed by atoms with E-state index in [9.17, 15) is 0 Å². The minimum absolute atomic E-state index is 0.248. The third kappa shape index (κ3) is 4.59. The lowest BCUT2D eigenvalue weighted by atomic mass is 9.81. The van der Waals surface area contributed by atoms with Gasteiger partial charge in [0, 0.05) is 43.8 Å². The molecule has 2 heterocycles. The average Bonchev–Trinajstić information content (AvgIpc) is 3.93. The fraction of sp³-hybridized carbons (Fsp3) is 0.0545. The molecule has 1 aliphatic rings. The number of para-hydroxylation sites is 1. The smallest absolute Gasteiger partial charge is 0.143 e. The summed E-state index contributed by atoms with van der Waals surface area (Å²) in [6.07, 6.45) is 0. The highest BCUT2D eigenvalue weighted by atomic mass is 16.3. The zero-order chi connectivity index (χ0) is 37.8. The van der Waals surface area contributed by atoms with Crippen LogP contribution in [0.15, 0.2) is 191 Å². The highest BCUT2D eigenvalue weighted by molar-refractivity contribution is 6.25. The fourth-order valence-corrected chi connectivity index (χ4v) is 9.92. The number of fused-ring (bicyclic) bond motifs is 10. The lowest BCUT2D eigenvalue weighted by Gasteiger charge is -2.21. The molecule has 0 radical (unpaired) electrons. The van der Waals surface area contributed by atoms with Gasteiger partial charge in [-0.1, -0.05) is 172 Å². The summed E-state index contributed by atoms with van der Waals surface area (Å²) in [6.45, 7) is 4.70. The summed E-state index contributed by atoms with van der Waals surface area (Å²) in [4.78, 5) is 0. The third-order valence-corrected chi connectivity index (χ3v) is 12.4. The minimum atomic E-state index is -0.248. The van der Waals surface area contributed by atoms with Crippen molar-refractivity contribution in [2.75, 3.05) is 0 Å². The van der Waals surface area contributed by atoms with Crippen molar-refractivity contribution < 1.29 is 8.83 Å². The van der Waals surface area contributed by atoms with Crippen molar-refractivity contribution in [3.63, 3.8) is 0 Å². The van der Waals surface area contributed by atoms with E-state index in [4.69, 9.17) is 8.83 Å². The summed E-state index contributed by atoms with van der Waals surface area (Å²) in [6, 6.07) is 65.6. The first-order valence-corrected chi connectivity index (χ1v) is 19.8. The average molecular weight is 729 g/mol. The second kappa shape index (κ2) is 11.9. The second-order valence-corrected chi connectivity index (χ2v) is 15.9. The molecule has 0 spiro atoms. The van der Waals surface area contributed by atoms with E-state index >= 15 is 0 Å². The number of benzene rings is 9. The Morgan fingerprint density at radius 1 is 0.368 bits per heavy atom. The van der Waals surface area contributed by atoms with Gasteiger partial charge in [-0.3, -0.25) is 0 Å². The van der Waals surface area contributed by atoms with Gasteiger partial charge in [-0.15, -0.1) is 0 Å². The molecule has 0 unspecified atom stereocenters. The summed E-state index contributed by atoms with van der Waals surface area (Å²) >= 11 is 0. The predicted molar refractivity (Wildman–Crippen MR) is 238 cm³/mol. The molecule has 0 N–H and O–H groups in total. The highest BCUT2D eigenvalue weighted by Crippen LogP contribution is 2.56. The van der Waals surface area contributed by atoms with Gasteiger partial charge in [0.25, 0.3) is 0 Å². The van der Waals surface area contributed by atoms with Crippen LogP contribution in [-0.2, 0) is 5.41 Å². The first-order chi connectivity index (χ1) is 28.0. The first kappa shape index (κ1) is 32.1. The van der Waals surface area contributed by atoms with Crippen LogP contribution in [0.2, 0.25) is 0 Å².